The van der Waals surface area contributed by atoms with Crippen molar-refractivity contribution in [2.75, 3.05) is 19.6 Å². The number of hydrogen-bond acceptors (Lipinski definition) is 3. The third-order valence-electron chi connectivity index (χ3n) is 5.02. The van der Waals surface area contributed by atoms with Crippen LogP contribution in [0.1, 0.15) is 59.6 Å². The van der Waals surface area contributed by atoms with Crippen molar-refractivity contribution in [2.45, 2.75) is 58.4 Å². The highest BCUT2D eigenvalue weighted by Crippen LogP contribution is 2.32. The van der Waals surface area contributed by atoms with Crippen molar-refractivity contribution in [3.05, 3.63) is 21.4 Å². The van der Waals surface area contributed by atoms with Crippen molar-refractivity contribution >= 4 is 17.2 Å². The van der Waals surface area contributed by atoms with Crippen LogP contribution < -0.4 is 5.32 Å². The van der Waals surface area contributed by atoms with Gasteiger partial charge in [0.15, 0.2) is 0 Å². The summed E-state index contributed by atoms with van der Waals surface area (Å²) >= 11 is 1.72. The number of aryl methyl sites for hydroxylation is 1. The quantitative estimate of drug-likeness (QED) is 0.921. The van der Waals surface area contributed by atoms with Gasteiger partial charge < -0.3 is 10.2 Å². The molecular weight excluding hydrogens is 292 g/mol. The summed E-state index contributed by atoms with van der Waals surface area (Å²) in [6.07, 6.45) is 6.97. The second kappa shape index (κ2) is 7.14. The number of rotatable bonds is 4. The van der Waals surface area contributed by atoms with Crippen LogP contribution in [0.25, 0.3) is 0 Å². The minimum Gasteiger partial charge on any atom is -0.349 e. The van der Waals surface area contributed by atoms with Crippen LogP contribution in [0.3, 0.4) is 0 Å². The van der Waals surface area contributed by atoms with E-state index in [0.717, 1.165) is 49.6 Å². The van der Waals surface area contributed by atoms with Gasteiger partial charge in [0, 0.05) is 24.0 Å². The van der Waals surface area contributed by atoms with Gasteiger partial charge in [-0.2, -0.15) is 0 Å². The Morgan fingerprint density at radius 3 is 2.86 bits per heavy atom. The molecule has 3 rings (SSSR count). The molecule has 1 aliphatic carbocycles. The average molecular weight is 321 g/mol. The van der Waals surface area contributed by atoms with Crippen LogP contribution in [-0.4, -0.2) is 36.5 Å². The van der Waals surface area contributed by atoms with Crippen LogP contribution in [0.4, 0.5) is 0 Å². The van der Waals surface area contributed by atoms with Crippen LogP contribution >= 0.6 is 11.3 Å². The molecule has 1 aromatic heterocycles. The molecule has 22 heavy (non-hydrogen) atoms. The van der Waals surface area contributed by atoms with E-state index >= 15 is 0 Å². The van der Waals surface area contributed by atoms with E-state index in [2.05, 4.69) is 30.1 Å². The molecule has 0 bridgehead atoms. The van der Waals surface area contributed by atoms with Crippen molar-refractivity contribution in [1.29, 1.82) is 0 Å². The first-order chi connectivity index (χ1) is 10.7. The summed E-state index contributed by atoms with van der Waals surface area (Å²) in [5, 5.41) is 3.26. The van der Waals surface area contributed by atoms with E-state index in [1.54, 1.807) is 11.3 Å². The normalized spacial score (nSPS) is 23.3. The number of hydrogen-bond donors (Lipinski definition) is 1. The predicted molar refractivity (Wildman–Crippen MR) is 92.7 cm³/mol. The fourth-order valence-corrected chi connectivity index (χ4v) is 4.80. The standard InChI is InChI=1S/C18H28N2OS/c1-3-8-20-9-6-15(7-10-20)19-18(21)17-12-14-11-13(2)4-5-16(14)22-17/h12-13,15H,3-11H2,1-2H3,(H,19,21). The fourth-order valence-electron chi connectivity index (χ4n) is 3.69. The van der Waals surface area contributed by atoms with Crippen molar-refractivity contribution in [3.8, 4) is 0 Å². The average Bonchev–Trinajstić information content (AvgIpc) is 2.92. The van der Waals surface area contributed by atoms with Crippen molar-refractivity contribution < 1.29 is 4.79 Å². The van der Waals surface area contributed by atoms with E-state index < -0.39 is 0 Å². The highest BCUT2D eigenvalue weighted by Gasteiger charge is 2.24. The Morgan fingerprint density at radius 1 is 1.36 bits per heavy atom. The van der Waals surface area contributed by atoms with Gasteiger partial charge >= 0.3 is 0 Å². The molecule has 3 nitrogen and oxygen atoms in total. The topological polar surface area (TPSA) is 32.3 Å². The maximum Gasteiger partial charge on any atom is 0.261 e. The van der Waals surface area contributed by atoms with Crippen molar-refractivity contribution in [1.82, 2.24) is 10.2 Å². The van der Waals surface area contributed by atoms with Gasteiger partial charge in [-0.05, 0) is 62.6 Å². The molecule has 1 atom stereocenters. The molecule has 122 valence electrons. The van der Waals surface area contributed by atoms with E-state index in [-0.39, 0.29) is 5.91 Å². The van der Waals surface area contributed by atoms with E-state index in [1.165, 1.54) is 29.8 Å². The monoisotopic (exact) mass is 320 g/mol. The van der Waals surface area contributed by atoms with Crippen molar-refractivity contribution in [3.63, 3.8) is 0 Å². The van der Waals surface area contributed by atoms with E-state index in [9.17, 15) is 4.79 Å². The molecule has 2 aliphatic rings. The molecule has 4 heteroatoms. The maximum absolute atomic E-state index is 12.5. The molecule has 0 saturated carbocycles. The van der Waals surface area contributed by atoms with Crippen LogP contribution in [-0.2, 0) is 12.8 Å². The number of nitrogens with zero attached hydrogens (tertiary/aromatic N) is 1. The molecular formula is C18H28N2OS. The molecule has 1 aliphatic heterocycles. The van der Waals surface area contributed by atoms with Gasteiger partial charge in [0.25, 0.3) is 5.91 Å². The molecule has 1 saturated heterocycles. The Kier molecular flexibility index (Phi) is 5.19. The van der Waals surface area contributed by atoms with Crippen LogP contribution in [0.2, 0.25) is 0 Å². The Hall–Kier alpha value is -0.870. The number of carbonyl (C=O) groups is 1. The lowest BCUT2D eigenvalue weighted by molar-refractivity contribution is 0.0915. The van der Waals surface area contributed by atoms with Crippen LogP contribution in [0.5, 0.6) is 0 Å². The number of piperidine rings is 1. The zero-order valence-electron chi connectivity index (χ0n) is 13.9. The maximum atomic E-state index is 12.5. The number of thiophene rings is 1. The molecule has 1 unspecified atom stereocenters. The van der Waals surface area contributed by atoms with Crippen molar-refractivity contribution in [2.24, 2.45) is 5.92 Å². The van der Waals surface area contributed by atoms with E-state index in [1.807, 2.05) is 0 Å². The van der Waals surface area contributed by atoms with Gasteiger partial charge in [0.2, 0.25) is 0 Å². The summed E-state index contributed by atoms with van der Waals surface area (Å²) in [6.45, 7) is 7.97. The summed E-state index contributed by atoms with van der Waals surface area (Å²) in [5.41, 5.74) is 1.42. The number of fused-ring (bicyclic) bond motifs is 1. The third kappa shape index (κ3) is 3.72. The highest BCUT2D eigenvalue weighted by molar-refractivity contribution is 7.14. The first-order valence-corrected chi connectivity index (χ1v) is 9.62. The molecule has 2 heterocycles. The van der Waals surface area contributed by atoms with Gasteiger partial charge in [0.05, 0.1) is 4.88 Å². The van der Waals surface area contributed by atoms with Gasteiger partial charge in [0.1, 0.15) is 0 Å². The summed E-state index contributed by atoms with van der Waals surface area (Å²) in [6, 6.07) is 2.51. The SMILES string of the molecule is CCCN1CCC(NC(=O)c2cc3c(s2)CCC(C)C3)CC1. The molecule has 0 spiro atoms. The molecule has 0 radical (unpaired) electrons. The molecule has 1 amide bonds. The lowest BCUT2D eigenvalue weighted by atomic mass is 9.90. The minimum absolute atomic E-state index is 0.154. The second-order valence-corrected chi connectivity index (χ2v) is 8.13. The van der Waals surface area contributed by atoms with Gasteiger partial charge in [-0.3, -0.25) is 4.79 Å². The lowest BCUT2D eigenvalue weighted by Crippen LogP contribution is -2.44. The predicted octanol–water partition coefficient (Wildman–Crippen LogP) is 3.48. The molecule has 1 N–H and O–H groups in total. The number of likely N-dealkylation sites (tertiary alicyclic amines) is 1. The fraction of sp³-hybridized carbons (Fsp3) is 0.722. The molecule has 0 aromatic carbocycles. The van der Waals surface area contributed by atoms with Crippen LogP contribution in [0, 0.1) is 5.92 Å². The summed E-state index contributed by atoms with van der Waals surface area (Å²) < 4.78 is 0. The third-order valence-corrected chi connectivity index (χ3v) is 6.25. The Bertz CT molecular complexity index is 517. The number of carbonyl (C=O) groups excluding carboxylic acids is 1. The molecule has 1 aromatic rings. The lowest BCUT2D eigenvalue weighted by Gasteiger charge is -2.31. The zero-order valence-corrected chi connectivity index (χ0v) is 14.7. The van der Waals surface area contributed by atoms with Gasteiger partial charge in [-0.1, -0.05) is 13.8 Å². The van der Waals surface area contributed by atoms with Gasteiger partial charge in [-0.25, -0.2) is 0 Å². The number of amides is 1. The Labute approximate surface area is 138 Å². The van der Waals surface area contributed by atoms with Crippen LogP contribution in [0.15, 0.2) is 6.07 Å². The Morgan fingerprint density at radius 2 is 2.14 bits per heavy atom. The summed E-state index contributed by atoms with van der Waals surface area (Å²) in [5.74, 6) is 0.918. The first-order valence-electron chi connectivity index (χ1n) is 8.80. The van der Waals surface area contributed by atoms with E-state index in [0.29, 0.717) is 6.04 Å². The number of nitrogens with one attached hydrogen (secondary N) is 1. The van der Waals surface area contributed by atoms with Gasteiger partial charge in [-0.15, -0.1) is 11.3 Å². The summed E-state index contributed by atoms with van der Waals surface area (Å²) in [7, 11) is 0. The largest absolute Gasteiger partial charge is 0.349 e. The Balaban J connectivity index is 1.54. The highest BCUT2D eigenvalue weighted by atomic mass is 32.1. The summed E-state index contributed by atoms with van der Waals surface area (Å²) in [4.78, 5) is 17.4. The first kappa shape index (κ1) is 16.0. The second-order valence-electron chi connectivity index (χ2n) is 7.00. The minimum atomic E-state index is 0.154. The smallest absolute Gasteiger partial charge is 0.261 e. The van der Waals surface area contributed by atoms with E-state index in [4.69, 9.17) is 0 Å². The molecule has 1 fully saturated rings. The zero-order chi connectivity index (χ0) is 15.5.